The smallest absolute Gasteiger partial charge is 0.269 e. The molecule has 0 aromatic carbocycles. The zero-order valence-corrected chi connectivity index (χ0v) is 14.8. The van der Waals surface area contributed by atoms with Crippen LogP contribution in [-0.4, -0.2) is 15.9 Å². The Morgan fingerprint density at radius 1 is 1.39 bits per heavy atom. The van der Waals surface area contributed by atoms with Crippen LogP contribution in [0.5, 0.6) is 0 Å². The third-order valence-electron chi connectivity index (χ3n) is 3.13. The number of hydrogen-bond acceptors (Lipinski definition) is 6. The summed E-state index contributed by atoms with van der Waals surface area (Å²) < 4.78 is 5.31. The van der Waals surface area contributed by atoms with Gasteiger partial charge in [-0.3, -0.25) is 10.1 Å². The minimum atomic E-state index is -0.157. The van der Waals surface area contributed by atoms with Gasteiger partial charge in [-0.25, -0.2) is 9.97 Å². The van der Waals surface area contributed by atoms with Gasteiger partial charge in [0.25, 0.3) is 5.91 Å². The monoisotopic (exact) mass is 347 g/mol. The molecule has 3 heterocycles. The first kappa shape index (κ1) is 15.9. The predicted molar refractivity (Wildman–Crippen MR) is 93.2 cm³/mol. The second kappa shape index (κ2) is 6.64. The highest BCUT2D eigenvalue weighted by Gasteiger charge is 2.17. The highest BCUT2D eigenvalue weighted by Crippen LogP contribution is 2.27. The van der Waals surface area contributed by atoms with E-state index in [1.807, 2.05) is 24.4 Å². The lowest BCUT2D eigenvalue weighted by Gasteiger charge is -1.99. The first-order chi connectivity index (χ1) is 11.0. The summed E-state index contributed by atoms with van der Waals surface area (Å²) in [6.07, 6.45) is 2.49. The Morgan fingerprint density at radius 2 is 2.22 bits per heavy atom. The predicted octanol–water partition coefficient (Wildman–Crippen LogP) is 4.62. The van der Waals surface area contributed by atoms with Crippen LogP contribution in [0.4, 0.5) is 5.13 Å². The van der Waals surface area contributed by atoms with Gasteiger partial charge in [-0.15, -0.1) is 22.7 Å². The molecule has 0 aliphatic carbocycles. The number of carbonyl (C=O) groups is 1. The van der Waals surface area contributed by atoms with Crippen LogP contribution < -0.4 is 5.32 Å². The van der Waals surface area contributed by atoms with Crippen molar-refractivity contribution in [2.75, 3.05) is 5.32 Å². The standard InChI is InChI=1S/C16H17N3O2S2/c1-9(2)7-13-17-10(3)14(23-13)15(20)19-16-18-11(8-22-16)12-5-4-6-21-12/h4-6,8-9H,7H2,1-3H3,(H,18,19,20). The third-order valence-corrected chi connectivity index (χ3v) is 5.06. The fourth-order valence-electron chi connectivity index (χ4n) is 2.12. The van der Waals surface area contributed by atoms with Crippen LogP contribution in [0.25, 0.3) is 11.5 Å². The van der Waals surface area contributed by atoms with Gasteiger partial charge in [0.1, 0.15) is 10.6 Å². The van der Waals surface area contributed by atoms with Crippen molar-refractivity contribution in [2.45, 2.75) is 27.2 Å². The molecule has 0 radical (unpaired) electrons. The van der Waals surface area contributed by atoms with Crippen molar-refractivity contribution in [1.82, 2.24) is 9.97 Å². The molecule has 7 heteroatoms. The number of aryl methyl sites for hydroxylation is 1. The number of carbonyl (C=O) groups excluding carboxylic acids is 1. The highest BCUT2D eigenvalue weighted by atomic mass is 32.1. The summed E-state index contributed by atoms with van der Waals surface area (Å²) >= 11 is 2.83. The van der Waals surface area contributed by atoms with E-state index in [-0.39, 0.29) is 5.91 Å². The Bertz CT molecular complexity index is 803. The van der Waals surface area contributed by atoms with Gasteiger partial charge in [-0.05, 0) is 25.0 Å². The molecule has 0 unspecified atom stereocenters. The van der Waals surface area contributed by atoms with E-state index >= 15 is 0 Å². The summed E-state index contributed by atoms with van der Waals surface area (Å²) in [6, 6.07) is 3.65. The molecule has 5 nitrogen and oxygen atoms in total. The van der Waals surface area contributed by atoms with E-state index < -0.39 is 0 Å². The molecular weight excluding hydrogens is 330 g/mol. The number of aromatic nitrogens is 2. The molecular formula is C16H17N3O2S2. The molecule has 3 aromatic heterocycles. The average molecular weight is 347 g/mol. The number of furan rings is 1. The Kier molecular flexibility index (Phi) is 4.58. The van der Waals surface area contributed by atoms with Crippen LogP contribution in [0.3, 0.4) is 0 Å². The molecule has 3 rings (SSSR count). The van der Waals surface area contributed by atoms with E-state index in [4.69, 9.17) is 4.42 Å². The van der Waals surface area contributed by atoms with Gasteiger partial charge in [-0.2, -0.15) is 0 Å². The van der Waals surface area contributed by atoms with Gasteiger partial charge in [-0.1, -0.05) is 13.8 Å². The molecule has 0 aliphatic heterocycles. The first-order valence-electron chi connectivity index (χ1n) is 7.30. The number of thiazole rings is 2. The molecule has 0 saturated carbocycles. The molecule has 0 fully saturated rings. The van der Waals surface area contributed by atoms with Crippen molar-refractivity contribution in [3.63, 3.8) is 0 Å². The van der Waals surface area contributed by atoms with Crippen molar-refractivity contribution in [1.29, 1.82) is 0 Å². The van der Waals surface area contributed by atoms with Gasteiger partial charge < -0.3 is 4.42 Å². The number of nitrogens with zero attached hydrogens (tertiary/aromatic N) is 2. The summed E-state index contributed by atoms with van der Waals surface area (Å²) in [7, 11) is 0. The average Bonchev–Trinajstić information content (AvgIpc) is 3.18. The Balaban J connectivity index is 1.73. The fraction of sp³-hybridized carbons (Fsp3) is 0.312. The van der Waals surface area contributed by atoms with E-state index in [1.54, 1.807) is 6.26 Å². The van der Waals surface area contributed by atoms with Gasteiger partial charge in [0.15, 0.2) is 10.9 Å². The van der Waals surface area contributed by atoms with Crippen LogP contribution >= 0.6 is 22.7 Å². The first-order valence-corrected chi connectivity index (χ1v) is 8.99. The van der Waals surface area contributed by atoms with Crippen LogP contribution in [0.15, 0.2) is 28.2 Å². The number of nitrogens with one attached hydrogen (secondary N) is 1. The molecule has 0 atom stereocenters. The molecule has 0 spiro atoms. The van der Waals surface area contributed by atoms with Crippen molar-refractivity contribution < 1.29 is 9.21 Å². The van der Waals surface area contributed by atoms with E-state index in [0.717, 1.165) is 22.8 Å². The summed E-state index contributed by atoms with van der Waals surface area (Å²) in [5.74, 6) is 1.05. The third kappa shape index (κ3) is 3.68. The second-order valence-corrected chi connectivity index (χ2v) is 7.53. The molecule has 1 N–H and O–H groups in total. The maximum atomic E-state index is 12.4. The van der Waals surface area contributed by atoms with Gasteiger partial charge in [0.05, 0.1) is 17.0 Å². The Labute approximate surface area is 142 Å². The van der Waals surface area contributed by atoms with E-state index in [0.29, 0.717) is 21.7 Å². The lowest BCUT2D eigenvalue weighted by Crippen LogP contribution is -2.11. The topological polar surface area (TPSA) is 68.0 Å². The van der Waals surface area contributed by atoms with Crippen molar-refractivity contribution in [2.24, 2.45) is 5.92 Å². The van der Waals surface area contributed by atoms with Crippen LogP contribution in [0.2, 0.25) is 0 Å². The molecule has 23 heavy (non-hydrogen) atoms. The van der Waals surface area contributed by atoms with Gasteiger partial charge in [0, 0.05) is 11.8 Å². The highest BCUT2D eigenvalue weighted by molar-refractivity contribution is 7.15. The summed E-state index contributed by atoms with van der Waals surface area (Å²) in [5, 5.41) is 6.26. The number of amides is 1. The zero-order valence-electron chi connectivity index (χ0n) is 13.1. The number of rotatable bonds is 5. The normalized spacial score (nSPS) is 11.1. The maximum Gasteiger partial charge on any atom is 0.269 e. The number of anilines is 1. The zero-order chi connectivity index (χ0) is 16.4. The summed E-state index contributed by atoms with van der Waals surface area (Å²) in [6.45, 7) is 6.15. The van der Waals surface area contributed by atoms with Gasteiger partial charge in [0.2, 0.25) is 0 Å². The van der Waals surface area contributed by atoms with Crippen LogP contribution in [-0.2, 0) is 6.42 Å². The molecule has 3 aromatic rings. The summed E-state index contributed by atoms with van der Waals surface area (Å²) in [5.41, 5.74) is 1.49. The number of hydrogen-bond donors (Lipinski definition) is 1. The minimum absolute atomic E-state index is 0.157. The van der Waals surface area contributed by atoms with Crippen LogP contribution in [0, 0.1) is 12.8 Å². The fourth-order valence-corrected chi connectivity index (χ4v) is 3.99. The quantitative estimate of drug-likeness (QED) is 0.731. The maximum absolute atomic E-state index is 12.4. The Morgan fingerprint density at radius 3 is 2.91 bits per heavy atom. The van der Waals surface area contributed by atoms with Crippen molar-refractivity contribution in [3.05, 3.63) is 39.4 Å². The Hall–Kier alpha value is -1.99. The second-order valence-electron chi connectivity index (χ2n) is 5.59. The van der Waals surface area contributed by atoms with E-state index in [9.17, 15) is 4.79 Å². The van der Waals surface area contributed by atoms with Gasteiger partial charge >= 0.3 is 0 Å². The van der Waals surface area contributed by atoms with E-state index in [1.165, 1.54) is 22.7 Å². The van der Waals surface area contributed by atoms with Crippen molar-refractivity contribution >= 4 is 33.7 Å². The molecule has 0 bridgehead atoms. The van der Waals surface area contributed by atoms with Crippen LogP contribution in [0.1, 0.15) is 34.2 Å². The lowest BCUT2D eigenvalue weighted by molar-refractivity contribution is 0.103. The molecule has 0 saturated heterocycles. The largest absolute Gasteiger partial charge is 0.463 e. The summed E-state index contributed by atoms with van der Waals surface area (Å²) in [4.78, 5) is 21.9. The minimum Gasteiger partial charge on any atom is -0.463 e. The lowest BCUT2D eigenvalue weighted by atomic mass is 10.1. The SMILES string of the molecule is Cc1nc(CC(C)C)sc1C(=O)Nc1nc(-c2ccco2)cs1. The molecule has 120 valence electrons. The van der Waals surface area contributed by atoms with E-state index in [2.05, 4.69) is 29.1 Å². The molecule has 1 amide bonds. The molecule has 0 aliphatic rings. The van der Waals surface area contributed by atoms with Crippen molar-refractivity contribution in [3.8, 4) is 11.5 Å².